The number of aliphatic imine (C=N–C) groups is 1. The van der Waals surface area contributed by atoms with E-state index in [0.717, 1.165) is 34.8 Å². The summed E-state index contributed by atoms with van der Waals surface area (Å²) in [5.74, 6) is 0.603. The molecule has 1 N–H and O–H groups in total. The fraction of sp³-hybridized carbons (Fsp3) is 0.300. The second kappa shape index (κ2) is 7.78. The molecule has 1 aliphatic heterocycles. The van der Waals surface area contributed by atoms with Gasteiger partial charge in [0.05, 0.1) is 23.9 Å². The van der Waals surface area contributed by atoms with E-state index in [1.807, 2.05) is 31.5 Å². The van der Waals surface area contributed by atoms with Crippen molar-refractivity contribution in [2.24, 2.45) is 18.0 Å². The van der Waals surface area contributed by atoms with Crippen LogP contribution in [0.4, 0.5) is 0 Å². The van der Waals surface area contributed by atoms with Gasteiger partial charge in [0.25, 0.3) is 0 Å². The van der Waals surface area contributed by atoms with Crippen molar-refractivity contribution in [1.29, 1.82) is 0 Å². The van der Waals surface area contributed by atoms with Crippen LogP contribution in [0.2, 0.25) is 0 Å². The summed E-state index contributed by atoms with van der Waals surface area (Å²) in [6.07, 6.45) is 10.9. The van der Waals surface area contributed by atoms with E-state index in [1.54, 1.807) is 42.0 Å². The number of amides is 1. The van der Waals surface area contributed by atoms with Crippen LogP contribution in [-0.4, -0.2) is 41.0 Å². The normalized spacial score (nSPS) is 16.3. The lowest BCUT2D eigenvalue weighted by atomic mass is 9.96. The zero-order chi connectivity index (χ0) is 20.4. The zero-order valence-corrected chi connectivity index (χ0v) is 16.6. The van der Waals surface area contributed by atoms with Crippen molar-refractivity contribution in [2.75, 3.05) is 0 Å². The maximum atomic E-state index is 12.6. The lowest BCUT2D eigenvalue weighted by Crippen LogP contribution is -2.38. The standard InChI is InChI=1S/C20H22N8O/c1-13-8-15(16-10-21-6-7-22-16)9-23-20(13)26-18(29)11-28-12-24-19(14(28)2)17-4-5-25-27(17)3/h4-7,9-10,12-13H,8,11H2,1-3H3,(H,23,26,29). The van der Waals surface area contributed by atoms with Crippen molar-refractivity contribution in [3.8, 4) is 11.4 Å². The smallest absolute Gasteiger partial charge is 0.245 e. The first kappa shape index (κ1) is 18.7. The first-order valence-corrected chi connectivity index (χ1v) is 9.36. The van der Waals surface area contributed by atoms with Crippen LogP contribution >= 0.6 is 0 Å². The number of aryl methyl sites for hydroxylation is 1. The molecule has 1 atom stereocenters. The van der Waals surface area contributed by atoms with Crippen LogP contribution in [0.3, 0.4) is 0 Å². The quantitative estimate of drug-likeness (QED) is 0.734. The maximum absolute atomic E-state index is 12.6. The van der Waals surface area contributed by atoms with Gasteiger partial charge in [0, 0.05) is 43.4 Å². The Morgan fingerprint density at radius 3 is 2.83 bits per heavy atom. The lowest BCUT2D eigenvalue weighted by Gasteiger charge is -2.20. The van der Waals surface area contributed by atoms with Crippen LogP contribution in [-0.2, 0) is 18.4 Å². The van der Waals surface area contributed by atoms with E-state index in [0.29, 0.717) is 5.84 Å². The molecule has 4 rings (SSSR count). The Morgan fingerprint density at radius 2 is 2.14 bits per heavy atom. The Hall–Kier alpha value is -3.62. The molecule has 4 heterocycles. The van der Waals surface area contributed by atoms with Crippen molar-refractivity contribution in [1.82, 2.24) is 34.6 Å². The number of hydrogen-bond acceptors (Lipinski definition) is 6. The first-order chi connectivity index (χ1) is 14.0. The van der Waals surface area contributed by atoms with E-state index >= 15 is 0 Å². The van der Waals surface area contributed by atoms with Gasteiger partial charge in [-0.05, 0) is 25.0 Å². The molecule has 3 aromatic heterocycles. The molecule has 1 amide bonds. The average Bonchev–Trinajstić information content (AvgIpc) is 3.29. The molecule has 0 aliphatic carbocycles. The number of carbonyl (C=O) groups is 1. The molecule has 3 aromatic rings. The molecule has 0 saturated heterocycles. The third-order valence-electron chi connectivity index (χ3n) is 4.99. The molecular formula is C20H22N8O. The molecule has 0 saturated carbocycles. The molecular weight excluding hydrogens is 368 g/mol. The Kier molecular flexibility index (Phi) is 5.03. The van der Waals surface area contributed by atoms with E-state index in [-0.39, 0.29) is 18.4 Å². The molecule has 9 heteroatoms. The number of nitrogens with zero attached hydrogens (tertiary/aromatic N) is 7. The number of imidazole rings is 1. The van der Waals surface area contributed by atoms with Crippen molar-refractivity contribution in [2.45, 2.75) is 26.8 Å². The molecule has 0 aromatic carbocycles. The predicted molar refractivity (Wildman–Crippen MR) is 109 cm³/mol. The van der Waals surface area contributed by atoms with Gasteiger partial charge >= 0.3 is 0 Å². The number of hydrogen-bond donors (Lipinski definition) is 1. The maximum Gasteiger partial charge on any atom is 0.245 e. The molecule has 0 fully saturated rings. The minimum atomic E-state index is -0.135. The Bertz CT molecular complexity index is 1090. The summed E-state index contributed by atoms with van der Waals surface area (Å²) in [6, 6.07) is 1.90. The second-order valence-corrected chi connectivity index (χ2v) is 7.06. The van der Waals surface area contributed by atoms with E-state index in [9.17, 15) is 4.79 Å². The average molecular weight is 390 g/mol. The number of aromatic nitrogens is 6. The van der Waals surface area contributed by atoms with E-state index in [1.165, 1.54) is 0 Å². The number of allylic oxidation sites excluding steroid dienone is 1. The molecule has 0 spiro atoms. The molecule has 1 unspecified atom stereocenters. The lowest BCUT2D eigenvalue weighted by molar-refractivity contribution is -0.120. The Morgan fingerprint density at radius 1 is 1.28 bits per heavy atom. The third-order valence-corrected chi connectivity index (χ3v) is 4.99. The number of nitrogens with one attached hydrogen (secondary N) is 1. The van der Waals surface area contributed by atoms with Crippen molar-refractivity contribution < 1.29 is 4.79 Å². The first-order valence-electron chi connectivity index (χ1n) is 9.36. The van der Waals surface area contributed by atoms with Crippen LogP contribution in [0.25, 0.3) is 17.0 Å². The van der Waals surface area contributed by atoms with Crippen LogP contribution < -0.4 is 5.32 Å². The van der Waals surface area contributed by atoms with E-state index < -0.39 is 0 Å². The van der Waals surface area contributed by atoms with Gasteiger partial charge in [0.2, 0.25) is 5.91 Å². The summed E-state index contributed by atoms with van der Waals surface area (Å²) in [5, 5.41) is 7.11. The SMILES string of the molecule is Cc1c(-c2ccnn2C)ncn1CC(=O)NC1=NC=C(c2cnccn2)CC1C. The summed E-state index contributed by atoms with van der Waals surface area (Å²) >= 11 is 0. The van der Waals surface area contributed by atoms with Gasteiger partial charge in [-0.2, -0.15) is 5.10 Å². The van der Waals surface area contributed by atoms with Crippen molar-refractivity contribution in [3.63, 3.8) is 0 Å². The summed E-state index contributed by atoms with van der Waals surface area (Å²) in [4.78, 5) is 29.9. The highest BCUT2D eigenvalue weighted by Gasteiger charge is 2.21. The monoisotopic (exact) mass is 390 g/mol. The fourth-order valence-electron chi connectivity index (χ4n) is 3.34. The van der Waals surface area contributed by atoms with Gasteiger partial charge in [-0.3, -0.25) is 19.4 Å². The van der Waals surface area contributed by atoms with Gasteiger partial charge in [-0.1, -0.05) is 6.92 Å². The third kappa shape index (κ3) is 3.84. The number of carbonyl (C=O) groups excluding carboxylic acids is 1. The van der Waals surface area contributed by atoms with E-state index in [4.69, 9.17) is 0 Å². The van der Waals surface area contributed by atoms with Crippen molar-refractivity contribution >= 4 is 17.3 Å². The molecule has 0 bridgehead atoms. The van der Waals surface area contributed by atoms with Gasteiger partial charge in [0.1, 0.15) is 18.1 Å². The number of rotatable bonds is 4. The molecule has 1 aliphatic rings. The van der Waals surface area contributed by atoms with Crippen LogP contribution in [0.15, 0.2) is 48.4 Å². The summed E-state index contributed by atoms with van der Waals surface area (Å²) < 4.78 is 3.59. The highest BCUT2D eigenvalue weighted by Crippen LogP contribution is 2.25. The van der Waals surface area contributed by atoms with E-state index in [2.05, 4.69) is 30.4 Å². The minimum absolute atomic E-state index is 0.0786. The molecule has 0 radical (unpaired) electrons. The number of amidine groups is 1. The van der Waals surface area contributed by atoms with Gasteiger partial charge < -0.3 is 9.88 Å². The molecule has 29 heavy (non-hydrogen) atoms. The van der Waals surface area contributed by atoms with Crippen LogP contribution in [0.5, 0.6) is 0 Å². The summed E-state index contributed by atoms with van der Waals surface area (Å²) in [6.45, 7) is 4.15. The predicted octanol–water partition coefficient (Wildman–Crippen LogP) is 1.98. The summed E-state index contributed by atoms with van der Waals surface area (Å²) in [5.41, 5.74) is 4.46. The van der Waals surface area contributed by atoms with Gasteiger partial charge in [0.15, 0.2) is 0 Å². The zero-order valence-electron chi connectivity index (χ0n) is 16.6. The van der Waals surface area contributed by atoms with Crippen LogP contribution in [0.1, 0.15) is 24.7 Å². The Balaban J connectivity index is 1.45. The highest BCUT2D eigenvalue weighted by molar-refractivity contribution is 6.01. The fourth-order valence-corrected chi connectivity index (χ4v) is 3.34. The second-order valence-electron chi connectivity index (χ2n) is 7.06. The Labute approximate surface area is 168 Å². The van der Waals surface area contributed by atoms with Crippen molar-refractivity contribution in [3.05, 3.63) is 54.8 Å². The molecule has 148 valence electrons. The highest BCUT2D eigenvalue weighted by atomic mass is 16.2. The summed E-state index contributed by atoms with van der Waals surface area (Å²) in [7, 11) is 1.87. The minimum Gasteiger partial charge on any atom is -0.325 e. The van der Waals surface area contributed by atoms with Crippen LogP contribution in [0, 0.1) is 12.8 Å². The molecule has 9 nitrogen and oxygen atoms in total. The van der Waals surface area contributed by atoms with Gasteiger partial charge in [-0.15, -0.1) is 0 Å². The topological polar surface area (TPSA) is 103 Å². The largest absolute Gasteiger partial charge is 0.325 e. The van der Waals surface area contributed by atoms with Gasteiger partial charge in [-0.25, -0.2) is 9.98 Å².